The van der Waals surface area contributed by atoms with Crippen molar-refractivity contribution in [2.24, 2.45) is 0 Å². The molecule has 0 aliphatic carbocycles. The minimum absolute atomic E-state index is 0.0423. The van der Waals surface area contributed by atoms with Crippen molar-refractivity contribution in [1.82, 2.24) is 9.80 Å². The van der Waals surface area contributed by atoms with E-state index in [0.29, 0.717) is 43.1 Å². The van der Waals surface area contributed by atoms with Gasteiger partial charge < -0.3 is 14.5 Å². The van der Waals surface area contributed by atoms with Crippen LogP contribution in [0.3, 0.4) is 0 Å². The Morgan fingerprint density at radius 3 is 2.41 bits per heavy atom. The lowest BCUT2D eigenvalue weighted by molar-refractivity contribution is -0.130. The van der Waals surface area contributed by atoms with Crippen LogP contribution in [0, 0.1) is 5.82 Å². The molecule has 1 fully saturated rings. The van der Waals surface area contributed by atoms with Crippen LogP contribution < -0.4 is 4.74 Å². The second-order valence-electron chi connectivity index (χ2n) is 6.56. The van der Waals surface area contributed by atoms with Gasteiger partial charge in [0.2, 0.25) is 5.91 Å². The summed E-state index contributed by atoms with van der Waals surface area (Å²) in [5.74, 6) is 0.278. The van der Waals surface area contributed by atoms with Crippen molar-refractivity contribution in [3.8, 4) is 5.75 Å². The van der Waals surface area contributed by atoms with Gasteiger partial charge in [0.05, 0.1) is 13.5 Å². The van der Waals surface area contributed by atoms with Gasteiger partial charge in [-0.2, -0.15) is 0 Å². The molecule has 1 aliphatic rings. The lowest BCUT2D eigenvalue weighted by Gasteiger charge is -2.22. The number of ether oxygens (including phenoxy) is 1. The van der Waals surface area contributed by atoms with Crippen LogP contribution in [0.2, 0.25) is 0 Å². The van der Waals surface area contributed by atoms with Crippen molar-refractivity contribution in [1.29, 1.82) is 0 Å². The van der Waals surface area contributed by atoms with Crippen LogP contribution in [0.4, 0.5) is 4.39 Å². The third-order valence-corrected chi connectivity index (χ3v) is 4.72. The van der Waals surface area contributed by atoms with Crippen LogP contribution in [0.5, 0.6) is 5.75 Å². The predicted octanol–water partition coefficient (Wildman–Crippen LogP) is 2.75. The SMILES string of the molecule is COc1ccc(C(=O)N2CCCN(C(=O)Cc3cccc(F)c3)CC2)cc1. The fraction of sp³-hybridized carbons (Fsp3) is 0.333. The Balaban J connectivity index is 1.59. The average Bonchev–Trinajstić information content (AvgIpc) is 2.94. The van der Waals surface area contributed by atoms with Gasteiger partial charge in [-0.25, -0.2) is 4.39 Å². The molecule has 1 saturated heterocycles. The van der Waals surface area contributed by atoms with Crippen molar-refractivity contribution >= 4 is 11.8 Å². The summed E-state index contributed by atoms with van der Waals surface area (Å²) in [6.45, 7) is 2.17. The van der Waals surface area contributed by atoms with Gasteiger partial charge in [-0.05, 0) is 48.4 Å². The lowest BCUT2D eigenvalue weighted by atomic mass is 10.1. The summed E-state index contributed by atoms with van der Waals surface area (Å²) in [7, 11) is 1.58. The second-order valence-corrected chi connectivity index (χ2v) is 6.56. The maximum Gasteiger partial charge on any atom is 0.253 e. The summed E-state index contributed by atoms with van der Waals surface area (Å²) in [4.78, 5) is 28.8. The number of carbonyl (C=O) groups is 2. The maximum absolute atomic E-state index is 13.3. The van der Waals surface area contributed by atoms with Crippen molar-refractivity contribution in [2.45, 2.75) is 12.8 Å². The third kappa shape index (κ3) is 4.84. The van der Waals surface area contributed by atoms with E-state index in [1.165, 1.54) is 12.1 Å². The van der Waals surface area contributed by atoms with Gasteiger partial charge >= 0.3 is 0 Å². The first-order valence-corrected chi connectivity index (χ1v) is 9.02. The molecular formula is C21H23FN2O3. The first-order valence-electron chi connectivity index (χ1n) is 9.02. The molecule has 0 spiro atoms. The highest BCUT2D eigenvalue weighted by Gasteiger charge is 2.23. The molecule has 3 rings (SSSR count). The third-order valence-electron chi connectivity index (χ3n) is 4.72. The number of amides is 2. The zero-order valence-corrected chi connectivity index (χ0v) is 15.4. The quantitative estimate of drug-likeness (QED) is 0.832. The highest BCUT2D eigenvalue weighted by molar-refractivity contribution is 5.94. The molecule has 0 N–H and O–H groups in total. The van der Waals surface area contributed by atoms with Crippen molar-refractivity contribution in [3.63, 3.8) is 0 Å². The van der Waals surface area contributed by atoms with Gasteiger partial charge in [0.15, 0.2) is 0 Å². The molecular weight excluding hydrogens is 347 g/mol. The van der Waals surface area contributed by atoms with Crippen LogP contribution in [0.1, 0.15) is 22.3 Å². The van der Waals surface area contributed by atoms with E-state index in [9.17, 15) is 14.0 Å². The summed E-state index contributed by atoms with van der Waals surface area (Å²) in [5.41, 5.74) is 1.27. The molecule has 2 aromatic rings. The van der Waals surface area contributed by atoms with E-state index in [1.54, 1.807) is 53.3 Å². The molecule has 1 aliphatic heterocycles. The van der Waals surface area contributed by atoms with Gasteiger partial charge in [0.25, 0.3) is 5.91 Å². The maximum atomic E-state index is 13.3. The Hall–Kier alpha value is -2.89. The number of methoxy groups -OCH3 is 1. The van der Waals surface area contributed by atoms with Crippen LogP contribution >= 0.6 is 0 Å². The van der Waals surface area contributed by atoms with Crippen molar-refractivity contribution < 1.29 is 18.7 Å². The van der Waals surface area contributed by atoms with Gasteiger partial charge in [-0.3, -0.25) is 9.59 Å². The number of rotatable bonds is 4. The molecule has 0 atom stereocenters. The molecule has 0 radical (unpaired) electrons. The zero-order valence-electron chi connectivity index (χ0n) is 15.4. The fourth-order valence-corrected chi connectivity index (χ4v) is 3.22. The fourth-order valence-electron chi connectivity index (χ4n) is 3.22. The van der Waals surface area contributed by atoms with Crippen LogP contribution in [0.15, 0.2) is 48.5 Å². The Bertz CT molecular complexity index is 807. The number of hydrogen-bond donors (Lipinski definition) is 0. The number of hydrogen-bond acceptors (Lipinski definition) is 3. The molecule has 0 aromatic heterocycles. The van der Waals surface area contributed by atoms with E-state index in [4.69, 9.17) is 4.74 Å². The monoisotopic (exact) mass is 370 g/mol. The molecule has 2 amide bonds. The standard InChI is InChI=1S/C21H23FN2O3/c1-27-19-8-6-17(7-9-19)21(26)24-11-3-10-23(12-13-24)20(25)15-16-4-2-5-18(22)14-16/h2,4-9,14H,3,10-13,15H2,1H3. The van der Waals surface area contributed by atoms with E-state index < -0.39 is 0 Å². The first kappa shape index (κ1) is 18.9. The van der Waals surface area contributed by atoms with Crippen LogP contribution in [-0.4, -0.2) is 54.9 Å². The van der Waals surface area contributed by atoms with Gasteiger partial charge in [0.1, 0.15) is 11.6 Å². The van der Waals surface area contributed by atoms with Gasteiger partial charge in [0, 0.05) is 31.7 Å². The summed E-state index contributed by atoms with van der Waals surface area (Å²) in [5, 5.41) is 0. The zero-order chi connectivity index (χ0) is 19.2. The number of benzene rings is 2. The average molecular weight is 370 g/mol. The largest absolute Gasteiger partial charge is 0.497 e. The first-order chi connectivity index (χ1) is 13.1. The van der Waals surface area contributed by atoms with Gasteiger partial charge in [-0.15, -0.1) is 0 Å². The highest BCUT2D eigenvalue weighted by atomic mass is 19.1. The van der Waals surface area contributed by atoms with E-state index in [0.717, 1.165) is 6.42 Å². The molecule has 1 heterocycles. The Morgan fingerprint density at radius 1 is 1.00 bits per heavy atom. The molecule has 0 saturated carbocycles. The Kier molecular flexibility index (Phi) is 6.06. The van der Waals surface area contributed by atoms with Crippen LogP contribution in [0.25, 0.3) is 0 Å². The summed E-state index contributed by atoms with van der Waals surface area (Å²) in [6, 6.07) is 13.1. The number of carbonyl (C=O) groups excluding carboxylic acids is 2. The van der Waals surface area contributed by atoms with E-state index in [-0.39, 0.29) is 24.1 Å². The lowest BCUT2D eigenvalue weighted by Crippen LogP contribution is -2.38. The molecule has 2 aromatic carbocycles. The number of nitrogens with zero attached hydrogens (tertiary/aromatic N) is 2. The summed E-state index contributed by atoms with van der Waals surface area (Å²) < 4.78 is 18.4. The minimum atomic E-state index is -0.340. The molecule has 0 bridgehead atoms. The van der Waals surface area contributed by atoms with Crippen molar-refractivity contribution in [3.05, 3.63) is 65.5 Å². The summed E-state index contributed by atoms with van der Waals surface area (Å²) >= 11 is 0. The Labute approximate surface area is 158 Å². The van der Waals surface area contributed by atoms with Crippen LogP contribution in [-0.2, 0) is 11.2 Å². The van der Waals surface area contributed by atoms with E-state index in [2.05, 4.69) is 0 Å². The smallest absolute Gasteiger partial charge is 0.253 e. The molecule has 6 heteroatoms. The molecule has 142 valence electrons. The van der Waals surface area contributed by atoms with E-state index >= 15 is 0 Å². The second kappa shape index (κ2) is 8.66. The normalized spacial score (nSPS) is 14.6. The minimum Gasteiger partial charge on any atom is -0.497 e. The van der Waals surface area contributed by atoms with Crippen molar-refractivity contribution in [2.75, 3.05) is 33.3 Å². The van der Waals surface area contributed by atoms with Gasteiger partial charge in [-0.1, -0.05) is 12.1 Å². The highest BCUT2D eigenvalue weighted by Crippen LogP contribution is 2.15. The topological polar surface area (TPSA) is 49.9 Å². The number of halogens is 1. The Morgan fingerprint density at radius 2 is 1.70 bits per heavy atom. The van der Waals surface area contributed by atoms with E-state index in [1.807, 2.05) is 0 Å². The molecule has 0 unspecified atom stereocenters. The predicted molar refractivity (Wildman–Crippen MR) is 100 cm³/mol. The summed E-state index contributed by atoms with van der Waals surface area (Å²) in [6.07, 6.45) is 0.890. The molecule has 5 nitrogen and oxygen atoms in total. The molecule has 27 heavy (non-hydrogen) atoms.